The van der Waals surface area contributed by atoms with Crippen LogP contribution >= 0.6 is 12.4 Å². The van der Waals surface area contributed by atoms with Gasteiger partial charge in [0, 0.05) is 38.3 Å². The maximum absolute atomic E-state index is 6.10. The summed E-state index contributed by atoms with van der Waals surface area (Å²) in [5, 5.41) is 4.06. The molecule has 9 nitrogen and oxygen atoms in total. The molecular weight excluding hydrogens is 466 g/mol. The third kappa shape index (κ3) is 7.13. The normalized spacial score (nSPS) is 13.5. The van der Waals surface area contributed by atoms with E-state index in [4.69, 9.17) is 21.0 Å². The minimum absolute atomic E-state index is 0. The number of hydrogen-bond acceptors (Lipinski definition) is 9. The molecule has 0 bridgehead atoms. The van der Waals surface area contributed by atoms with E-state index < -0.39 is 0 Å². The summed E-state index contributed by atoms with van der Waals surface area (Å²) < 4.78 is 5.63. The molecule has 3 aromatic rings. The summed E-state index contributed by atoms with van der Waals surface area (Å²) in [6.07, 6.45) is 2.50. The van der Waals surface area contributed by atoms with Crippen LogP contribution in [0.1, 0.15) is 17.7 Å². The monoisotopic (exact) mass is 497 g/mol. The molecule has 1 aliphatic rings. The van der Waals surface area contributed by atoms with Crippen LogP contribution in [0.4, 0.5) is 23.1 Å². The lowest BCUT2D eigenvalue weighted by Crippen LogP contribution is -2.47. The summed E-state index contributed by atoms with van der Waals surface area (Å²) in [5.41, 5.74) is 15.7. The number of rotatable bonds is 9. The number of hydrogen-bond donors (Lipinski definition) is 2. The average Bonchev–Trinajstić information content (AvgIpc) is 2.84. The summed E-state index contributed by atoms with van der Waals surface area (Å²) in [7, 11) is 0. The van der Waals surface area contributed by atoms with Gasteiger partial charge in [0.2, 0.25) is 5.95 Å². The van der Waals surface area contributed by atoms with E-state index in [1.807, 2.05) is 49.4 Å². The Hall–Kier alpha value is -3.72. The number of piperazine rings is 1. The molecule has 1 aromatic heterocycles. The third-order valence-electron chi connectivity index (χ3n) is 5.62. The van der Waals surface area contributed by atoms with Gasteiger partial charge in [-0.05, 0) is 36.8 Å². The van der Waals surface area contributed by atoms with Crippen molar-refractivity contribution >= 4 is 41.8 Å². The van der Waals surface area contributed by atoms with E-state index in [9.17, 15) is 0 Å². The van der Waals surface area contributed by atoms with Gasteiger partial charge in [0.1, 0.15) is 18.0 Å². The van der Waals surface area contributed by atoms with Crippen molar-refractivity contribution in [2.45, 2.75) is 13.3 Å². The highest BCUT2D eigenvalue weighted by molar-refractivity contribution is 5.85. The van der Waals surface area contributed by atoms with Crippen molar-refractivity contribution in [3.05, 3.63) is 65.9 Å². The van der Waals surface area contributed by atoms with E-state index in [-0.39, 0.29) is 18.4 Å². The van der Waals surface area contributed by atoms with E-state index in [2.05, 4.69) is 37.1 Å². The summed E-state index contributed by atoms with van der Waals surface area (Å²) in [6.45, 7) is 6.45. The molecule has 10 heteroatoms. The van der Waals surface area contributed by atoms with Crippen molar-refractivity contribution in [1.82, 2.24) is 9.97 Å². The summed E-state index contributed by atoms with van der Waals surface area (Å²) in [4.78, 5) is 18.3. The number of ether oxygens (including phenoxy) is 1. The van der Waals surface area contributed by atoms with Crippen molar-refractivity contribution in [1.29, 1.82) is 0 Å². The first-order valence-electron chi connectivity index (χ1n) is 11.4. The van der Waals surface area contributed by atoms with Gasteiger partial charge in [0.05, 0.1) is 18.5 Å². The highest BCUT2D eigenvalue weighted by Crippen LogP contribution is 2.27. The van der Waals surface area contributed by atoms with Crippen molar-refractivity contribution in [2.24, 2.45) is 5.16 Å². The number of nitrogens with zero attached hydrogens (tertiary/aromatic N) is 5. The Balaban J connectivity index is 0.00000342. The first kappa shape index (κ1) is 25.9. The molecule has 0 radical (unpaired) electrons. The number of halogens is 1. The van der Waals surface area contributed by atoms with Crippen molar-refractivity contribution in [3.63, 3.8) is 0 Å². The third-order valence-corrected chi connectivity index (χ3v) is 5.62. The minimum Gasteiger partial charge on any atom is -0.493 e. The van der Waals surface area contributed by atoms with Gasteiger partial charge in [0.15, 0.2) is 5.82 Å². The Morgan fingerprint density at radius 3 is 2.29 bits per heavy atom. The van der Waals surface area contributed by atoms with Crippen molar-refractivity contribution in [2.75, 3.05) is 60.7 Å². The second-order valence-corrected chi connectivity index (χ2v) is 8.05. The van der Waals surface area contributed by atoms with E-state index in [0.29, 0.717) is 19.0 Å². The predicted octanol–water partition coefficient (Wildman–Crippen LogP) is 3.52. The molecular formula is C25H32ClN7O2. The second-order valence-electron chi connectivity index (χ2n) is 8.05. The van der Waals surface area contributed by atoms with E-state index in [0.717, 1.165) is 55.3 Å². The maximum atomic E-state index is 6.10. The maximum Gasteiger partial charge on any atom is 0.222 e. The SMILES string of the molecule is Cc1nc(N)nc(N)c1N1CCN(c2ccc(/C=N/OCCCOc3ccccc3)cc2)CC1.Cl. The molecule has 2 aromatic carbocycles. The van der Waals surface area contributed by atoms with Gasteiger partial charge in [-0.2, -0.15) is 4.98 Å². The molecule has 1 saturated heterocycles. The molecule has 2 heterocycles. The number of anilines is 4. The molecule has 0 unspecified atom stereocenters. The van der Waals surface area contributed by atoms with Crippen LogP contribution in [-0.4, -0.2) is 55.6 Å². The quantitative estimate of drug-likeness (QED) is 0.262. The standard InChI is InChI=1S/C25H31N7O2.ClH/c1-19-23(24(26)30-25(27)29-19)32-14-12-31(13-15-32)21-10-8-20(9-11-21)18-28-34-17-5-16-33-22-6-3-2-4-7-22;/h2-4,6-11,18H,5,12-17H2,1H3,(H4,26,27,29,30);1H/b28-18+;. The van der Waals surface area contributed by atoms with E-state index >= 15 is 0 Å². The fourth-order valence-electron chi connectivity index (χ4n) is 3.94. The van der Waals surface area contributed by atoms with Crippen LogP contribution in [0, 0.1) is 6.92 Å². The molecule has 0 aliphatic carbocycles. The summed E-state index contributed by atoms with van der Waals surface area (Å²) >= 11 is 0. The number of oxime groups is 1. The number of benzene rings is 2. The Labute approximate surface area is 212 Å². The van der Waals surface area contributed by atoms with Crippen molar-refractivity contribution in [3.8, 4) is 5.75 Å². The van der Waals surface area contributed by atoms with Gasteiger partial charge in [-0.15, -0.1) is 12.4 Å². The Bertz CT molecular complexity index is 1070. The molecule has 4 N–H and O–H groups in total. The molecule has 0 atom stereocenters. The topological polar surface area (TPSA) is 115 Å². The second kappa shape index (κ2) is 12.7. The van der Waals surface area contributed by atoms with Gasteiger partial charge in [-0.3, -0.25) is 0 Å². The average molecular weight is 498 g/mol. The van der Waals surface area contributed by atoms with Gasteiger partial charge in [-0.25, -0.2) is 4.98 Å². The Kier molecular flexibility index (Phi) is 9.37. The lowest BCUT2D eigenvalue weighted by Gasteiger charge is -2.38. The fraction of sp³-hybridized carbons (Fsp3) is 0.320. The molecule has 0 spiro atoms. The summed E-state index contributed by atoms with van der Waals surface area (Å²) in [6, 6.07) is 18.1. The van der Waals surface area contributed by atoms with Crippen LogP contribution in [0.15, 0.2) is 59.8 Å². The number of aromatic nitrogens is 2. The molecule has 0 saturated carbocycles. The fourth-order valence-corrected chi connectivity index (χ4v) is 3.94. The summed E-state index contributed by atoms with van der Waals surface area (Å²) in [5.74, 6) is 1.52. The molecule has 4 rings (SSSR count). The van der Waals surface area contributed by atoms with Crippen molar-refractivity contribution < 1.29 is 9.57 Å². The van der Waals surface area contributed by atoms with Crippen LogP contribution in [-0.2, 0) is 4.84 Å². The zero-order valence-electron chi connectivity index (χ0n) is 19.8. The van der Waals surface area contributed by atoms with Gasteiger partial charge in [-0.1, -0.05) is 35.5 Å². The zero-order valence-corrected chi connectivity index (χ0v) is 20.7. The minimum atomic E-state index is 0. The van der Waals surface area contributed by atoms with Crippen LogP contribution in [0.5, 0.6) is 5.75 Å². The van der Waals surface area contributed by atoms with Gasteiger partial charge in [0.25, 0.3) is 0 Å². The van der Waals surface area contributed by atoms with E-state index in [1.54, 1.807) is 6.21 Å². The largest absolute Gasteiger partial charge is 0.493 e. The Morgan fingerprint density at radius 2 is 1.60 bits per heavy atom. The number of aryl methyl sites for hydroxylation is 1. The predicted molar refractivity (Wildman–Crippen MR) is 144 cm³/mol. The zero-order chi connectivity index (χ0) is 23.8. The van der Waals surface area contributed by atoms with Crippen LogP contribution < -0.4 is 26.0 Å². The number of nitrogens with two attached hydrogens (primary N) is 2. The highest BCUT2D eigenvalue weighted by atomic mass is 35.5. The number of para-hydroxylation sites is 1. The van der Waals surface area contributed by atoms with Crippen LogP contribution in [0.25, 0.3) is 0 Å². The highest BCUT2D eigenvalue weighted by Gasteiger charge is 2.22. The lowest BCUT2D eigenvalue weighted by molar-refractivity contribution is 0.129. The molecule has 1 aliphatic heterocycles. The first-order chi connectivity index (χ1) is 16.6. The molecule has 35 heavy (non-hydrogen) atoms. The smallest absolute Gasteiger partial charge is 0.222 e. The van der Waals surface area contributed by atoms with Crippen LogP contribution in [0.2, 0.25) is 0 Å². The van der Waals surface area contributed by atoms with E-state index in [1.165, 1.54) is 5.69 Å². The molecule has 1 fully saturated rings. The molecule has 186 valence electrons. The first-order valence-corrected chi connectivity index (χ1v) is 11.4. The Morgan fingerprint density at radius 1 is 0.914 bits per heavy atom. The molecule has 0 amide bonds. The van der Waals surface area contributed by atoms with Gasteiger partial charge >= 0.3 is 0 Å². The number of nitrogen functional groups attached to an aromatic ring is 2. The van der Waals surface area contributed by atoms with Crippen LogP contribution in [0.3, 0.4) is 0 Å². The van der Waals surface area contributed by atoms with Gasteiger partial charge < -0.3 is 30.8 Å². The lowest BCUT2D eigenvalue weighted by atomic mass is 10.2.